The number of hydrogen-bond acceptors (Lipinski definition) is 2. The van der Waals surface area contributed by atoms with Gasteiger partial charge < -0.3 is 0 Å². The van der Waals surface area contributed by atoms with Gasteiger partial charge in [-0.25, -0.2) is 4.98 Å². The van der Waals surface area contributed by atoms with Gasteiger partial charge >= 0.3 is 0 Å². The van der Waals surface area contributed by atoms with Crippen LogP contribution in [0.25, 0.3) is 0 Å². The minimum Gasteiger partial charge on any atom is -0.296 e. The Kier molecular flexibility index (Phi) is 4.66. The number of piperidine rings is 1. The molecule has 94 valence electrons. The third kappa shape index (κ3) is 3.34. The van der Waals surface area contributed by atoms with E-state index < -0.39 is 0 Å². The van der Waals surface area contributed by atoms with E-state index in [0.717, 1.165) is 18.7 Å². The van der Waals surface area contributed by atoms with Crippen molar-refractivity contribution in [1.82, 2.24) is 9.88 Å². The van der Waals surface area contributed by atoms with Gasteiger partial charge in [0, 0.05) is 18.2 Å². The second-order valence-corrected chi connectivity index (χ2v) is 5.36. The first-order valence-electron chi connectivity index (χ1n) is 6.25. The molecule has 0 bridgehead atoms. The molecule has 2 nitrogen and oxygen atoms in total. The van der Waals surface area contributed by atoms with Crippen LogP contribution >= 0.6 is 23.2 Å². The molecular weight excluding hydrogens is 255 g/mol. The smallest absolute Gasteiger partial charge is 0.135 e. The SMILES string of the molecule is CCC1CCCCN1Cc1ccc(Cl)nc1Cl. The molecule has 1 aromatic heterocycles. The summed E-state index contributed by atoms with van der Waals surface area (Å²) in [5.74, 6) is 0. The van der Waals surface area contributed by atoms with Crippen LogP contribution in [0.15, 0.2) is 12.1 Å². The van der Waals surface area contributed by atoms with E-state index in [2.05, 4.69) is 16.8 Å². The summed E-state index contributed by atoms with van der Waals surface area (Å²) in [4.78, 5) is 6.61. The van der Waals surface area contributed by atoms with E-state index in [1.54, 1.807) is 0 Å². The third-order valence-electron chi connectivity index (χ3n) is 3.49. The number of nitrogens with zero attached hydrogens (tertiary/aromatic N) is 2. The minimum absolute atomic E-state index is 0.462. The molecule has 0 N–H and O–H groups in total. The van der Waals surface area contributed by atoms with E-state index in [1.165, 1.54) is 25.7 Å². The zero-order valence-corrected chi connectivity index (χ0v) is 11.6. The van der Waals surface area contributed by atoms with E-state index in [0.29, 0.717) is 16.3 Å². The Labute approximate surface area is 113 Å². The Balaban J connectivity index is 2.08. The predicted molar refractivity (Wildman–Crippen MR) is 72.6 cm³/mol. The predicted octanol–water partition coefficient (Wildman–Crippen LogP) is 4.15. The van der Waals surface area contributed by atoms with Crippen LogP contribution in [0.1, 0.15) is 38.2 Å². The maximum Gasteiger partial charge on any atom is 0.135 e. The largest absolute Gasteiger partial charge is 0.296 e. The highest BCUT2D eigenvalue weighted by molar-refractivity contribution is 6.32. The van der Waals surface area contributed by atoms with Crippen molar-refractivity contribution >= 4 is 23.2 Å². The fraction of sp³-hybridized carbons (Fsp3) is 0.615. The Hall–Kier alpha value is -0.310. The first kappa shape index (κ1) is 13.1. The van der Waals surface area contributed by atoms with E-state index >= 15 is 0 Å². The van der Waals surface area contributed by atoms with Gasteiger partial charge in [-0.05, 0) is 31.9 Å². The van der Waals surface area contributed by atoms with Crippen molar-refractivity contribution < 1.29 is 0 Å². The van der Waals surface area contributed by atoms with Crippen molar-refractivity contribution in [1.29, 1.82) is 0 Å². The molecule has 17 heavy (non-hydrogen) atoms. The highest BCUT2D eigenvalue weighted by atomic mass is 35.5. The van der Waals surface area contributed by atoms with Gasteiger partial charge in [0.15, 0.2) is 0 Å². The molecule has 1 fully saturated rings. The van der Waals surface area contributed by atoms with E-state index in [1.807, 2.05) is 12.1 Å². The van der Waals surface area contributed by atoms with Crippen molar-refractivity contribution in [2.75, 3.05) is 6.54 Å². The Morgan fingerprint density at radius 1 is 1.35 bits per heavy atom. The summed E-state index contributed by atoms with van der Waals surface area (Å²) in [7, 11) is 0. The van der Waals surface area contributed by atoms with Gasteiger partial charge in [-0.15, -0.1) is 0 Å². The third-order valence-corrected chi connectivity index (χ3v) is 4.02. The number of hydrogen-bond donors (Lipinski definition) is 0. The summed E-state index contributed by atoms with van der Waals surface area (Å²) < 4.78 is 0. The standard InChI is InChI=1S/C13H18Cl2N2/c1-2-11-5-3-4-8-17(11)9-10-6-7-12(14)16-13(10)15/h6-7,11H,2-5,8-9H2,1H3. The number of likely N-dealkylation sites (tertiary alicyclic amines) is 1. The van der Waals surface area contributed by atoms with Crippen molar-refractivity contribution in [3.8, 4) is 0 Å². The summed E-state index contributed by atoms with van der Waals surface area (Å²) >= 11 is 11.9. The summed E-state index contributed by atoms with van der Waals surface area (Å²) in [6.07, 6.45) is 5.14. The molecule has 1 unspecified atom stereocenters. The van der Waals surface area contributed by atoms with Crippen LogP contribution in [-0.2, 0) is 6.54 Å². The first-order valence-corrected chi connectivity index (χ1v) is 7.01. The molecule has 0 aliphatic carbocycles. The van der Waals surface area contributed by atoms with Crippen LogP contribution in [0.2, 0.25) is 10.3 Å². The Bertz CT molecular complexity index is 382. The zero-order chi connectivity index (χ0) is 12.3. The lowest BCUT2D eigenvalue weighted by molar-refractivity contribution is 0.136. The van der Waals surface area contributed by atoms with Gasteiger partial charge in [0.05, 0.1) is 0 Å². The van der Waals surface area contributed by atoms with Gasteiger partial charge in [0.2, 0.25) is 0 Å². The van der Waals surface area contributed by atoms with E-state index in [-0.39, 0.29) is 0 Å². The zero-order valence-electron chi connectivity index (χ0n) is 10.1. The molecule has 1 aliphatic heterocycles. The molecule has 1 atom stereocenters. The molecule has 1 saturated heterocycles. The molecule has 2 heterocycles. The lowest BCUT2D eigenvalue weighted by atomic mass is 9.99. The highest BCUT2D eigenvalue weighted by Gasteiger charge is 2.21. The monoisotopic (exact) mass is 272 g/mol. The van der Waals surface area contributed by atoms with Crippen molar-refractivity contribution in [3.05, 3.63) is 28.0 Å². The van der Waals surface area contributed by atoms with E-state index in [9.17, 15) is 0 Å². The maximum absolute atomic E-state index is 6.12. The average molecular weight is 273 g/mol. The molecule has 4 heteroatoms. The van der Waals surface area contributed by atoms with E-state index in [4.69, 9.17) is 23.2 Å². The molecule has 1 aromatic rings. The van der Waals surface area contributed by atoms with Crippen LogP contribution in [-0.4, -0.2) is 22.5 Å². The number of pyridine rings is 1. The van der Waals surface area contributed by atoms with Gasteiger partial charge in [0.25, 0.3) is 0 Å². The average Bonchev–Trinajstić information content (AvgIpc) is 2.33. The summed E-state index contributed by atoms with van der Waals surface area (Å²) in [6.45, 7) is 4.31. The number of halogens is 2. The number of rotatable bonds is 3. The first-order chi connectivity index (χ1) is 8.20. The summed E-state index contributed by atoms with van der Waals surface area (Å²) in [5, 5.41) is 1.00. The molecule has 0 radical (unpaired) electrons. The van der Waals surface area contributed by atoms with Crippen molar-refractivity contribution in [3.63, 3.8) is 0 Å². The van der Waals surface area contributed by atoms with Crippen LogP contribution < -0.4 is 0 Å². The fourth-order valence-corrected chi connectivity index (χ4v) is 2.91. The lowest BCUT2D eigenvalue weighted by Gasteiger charge is -2.35. The quantitative estimate of drug-likeness (QED) is 0.769. The number of aromatic nitrogens is 1. The molecule has 1 aliphatic rings. The molecule has 0 spiro atoms. The molecule has 0 saturated carbocycles. The van der Waals surface area contributed by atoms with Gasteiger partial charge in [-0.1, -0.05) is 42.6 Å². The topological polar surface area (TPSA) is 16.1 Å². The summed E-state index contributed by atoms with van der Waals surface area (Å²) in [6, 6.07) is 4.49. The fourth-order valence-electron chi connectivity index (χ4n) is 2.51. The molecular formula is C13H18Cl2N2. The van der Waals surface area contributed by atoms with Crippen molar-refractivity contribution in [2.24, 2.45) is 0 Å². The lowest BCUT2D eigenvalue weighted by Crippen LogP contribution is -2.38. The van der Waals surface area contributed by atoms with Crippen molar-refractivity contribution in [2.45, 2.75) is 45.2 Å². The van der Waals surface area contributed by atoms with Gasteiger partial charge in [0.1, 0.15) is 10.3 Å². The second-order valence-electron chi connectivity index (χ2n) is 4.61. The van der Waals surface area contributed by atoms with Crippen LogP contribution in [0.3, 0.4) is 0 Å². The van der Waals surface area contributed by atoms with Crippen LogP contribution in [0.5, 0.6) is 0 Å². The molecule has 0 aromatic carbocycles. The summed E-state index contributed by atoms with van der Waals surface area (Å²) in [5.41, 5.74) is 1.08. The Morgan fingerprint density at radius 2 is 2.18 bits per heavy atom. The minimum atomic E-state index is 0.462. The normalized spacial score (nSPS) is 21.7. The Morgan fingerprint density at radius 3 is 2.88 bits per heavy atom. The second kappa shape index (κ2) is 6.03. The van der Waals surface area contributed by atoms with Gasteiger partial charge in [-0.2, -0.15) is 0 Å². The van der Waals surface area contributed by atoms with Crippen LogP contribution in [0.4, 0.5) is 0 Å². The molecule has 0 amide bonds. The molecule has 2 rings (SSSR count). The maximum atomic E-state index is 6.12. The van der Waals surface area contributed by atoms with Gasteiger partial charge in [-0.3, -0.25) is 4.90 Å². The highest BCUT2D eigenvalue weighted by Crippen LogP contribution is 2.24. The van der Waals surface area contributed by atoms with Crippen LogP contribution in [0, 0.1) is 0 Å².